The Morgan fingerprint density at radius 3 is 1.89 bits per heavy atom. The lowest BCUT2D eigenvalue weighted by molar-refractivity contribution is -0.142. The van der Waals surface area contributed by atoms with Gasteiger partial charge in [-0.15, -0.1) is 0 Å². The van der Waals surface area contributed by atoms with E-state index in [1.165, 1.54) is 13.8 Å². The maximum atomic E-state index is 12.3. The van der Waals surface area contributed by atoms with Crippen LogP contribution < -0.4 is 27.4 Å². The summed E-state index contributed by atoms with van der Waals surface area (Å²) in [5.74, 6) is -3.09. The number of amides is 3. The summed E-state index contributed by atoms with van der Waals surface area (Å²) in [6, 6.07) is -3.66. The number of nitrogens with two attached hydrogens (primary N) is 2. The standard InChI is InChI=1S/C17H33N5O5/c1-9(2)13(16(25)21-11(4)17(26)27)22-14(23)10(3)20-15(24)12(19)7-5-6-8-18/h9-13H,5-8,18-19H2,1-4H3,(H,20,24)(H,21,25)(H,22,23)(H,26,27). The molecule has 0 heterocycles. The van der Waals surface area contributed by atoms with Crippen molar-refractivity contribution in [1.82, 2.24) is 16.0 Å². The van der Waals surface area contributed by atoms with E-state index in [-0.39, 0.29) is 5.92 Å². The smallest absolute Gasteiger partial charge is 0.325 e. The van der Waals surface area contributed by atoms with Crippen LogP contribution in [0.25, 0.3) is 0 Å². The van der Waals surface area contributed by atoms with Gasteiger partial charge in [0.2, 0.25) is 17.7 Å². The molecule has 8 N–H and O–H groups in total. The highest BCUT2D eigenvalue weighted by atomic mass is 16.4. The Labute approximate surface area is 159 Å². The van der Waals surface area contributed by atoms with E-state index in [9.17, 15) is 19.2 Å². The van der Waals surface area contributed by atoms with Crippen molar-refractivity contribution in [3.05, 3.63) is 0 Å². The molecule has 10 heteroatoms. The first-order chi connectivity index (χ1) is 12.5. The minimum Gasteiger partial charge on any atom is -0.480 e. The number of carbonyl (C=O) groups is 4. The van der Waals surface area contributed by atoms with E-state index in [0.717, 1.165) is 6.42 Å². The van der Waals surface area contributed by atoms with Crippen LogP contribution in [-0.2, 0) is 19.2 Å². The van der Waals surface area contributed by atoms with Crippen LogP contribution in [0.5, 0.6) is 0 Å². The van der Waals surface area contributed by atoms with Gasteiger partial charge in [0.1, 0.15) is 18.1 Å². The first-order valence-electron chi connectivity index (χ1n) is 9.10. The number of hydrogen-bond acceptors (Lipinski definition) is 6. The van der Waals surface area contributed by atoms with Gasteiger partial charge in [0.25, 0.3) is 0 Å². The minimum atomic E-state index is -1.18. The zero-order valence-corrected chi connectivity index (χ0v) is 16.5. The maximum Gasteiger partial charge on any atom is 0.325 e. The molecule has 0 spiro atoms. The Hall–Kier alpha value is -2.20. The molecule has 4 atom stereocenters. The van der Waals surface area contributed by atoms with Crippen molar-refractivity contribution in [3.8, 4) is 0 Å². The Bertz CT molecular complexity index is 526. The van der Waals surface area contributed by atoms with Crippen molar-refractivity contribution in [2.75, 3.05) is 6.54 Å². The SMILES string of the molecule is CC(NC(=O)C(NC(=O)C(C)NC(=O)C(N)CCCCN)C(C)C)C(=O)O. The first kappa shape index (κ1) is 24.8. The Kier molecular flexibility index (Phi) is 11.2. The molecule has 0 saturated carbocycles. The summed E-state index contributed by atoms with van der Waals surface area (Å²) in [5, 5.41) is 16.3. The molecule has 0 aliphatic carbocycles. The molecule has 0 saturated heterocycles. The average Bonchev–Trinajstić information content (AvgIpc) is 2.58. The number of unbranched alkanes of at least 4 members (excludes halogenated alkanes) is 1. The van der Waals surface area contributed by atoms with E-state index in [1.807, 2.05) is 0 Å². The Morgan fingerprint density at radius 1 is 0.852 bits per heavy atom. The van der Waals surface area contributed by atoms with Gasteiger partial charge in [-0.05, 0) is 39.2 Å². The molecule has 0 aliphatic rings. The van der Waals surface area contributed by atoms with Gasteiger partial charge in [-0.3, -0.25) is 19.2 Å². The second kappa shape index (κ2) is 12.2. The highest BCUT2D eigenvalue weighted by molar-refractivity contribution is 5.93. The number of rotatable bonds is 12. The van der Waals surface area contributed by atoms with E-state index in [2.05, 4.69) is 16.0 Å². The van der Waals surface area contributed by atoms with Crippen LogP contribution in [0.1, 0.15) is 47.0 Å². The topological polar surface area (TPSA) is 177 Å². The number of carboxylic acid groups (broad SMARTS) is 1. The number of carbonyl (C=O) groups excluding carboxylic acids is 3. The second-order valence-electron chi connectivity index (χ2n) is 6.92. The van der Waals surface area contributed by atoms with Gasteiger partial charge < -0.3 is 32.5 Å². The molecule has 0 fully saturated rings. The van der Waals surface area contributed by atoms with Gasteiger partial charge >= 0.3 is 5.97 Å². The van der Waals surface area contributed by atoms with Gasteiger partial charge in [0.15, 0.2) is 0 Å². The van der Waals surface area contributed by atoms with E-state index in [1.54, 1.807) is 13.8 Å². The molecule has 4 unspecified atom stereocenters. The summed E-state index contributed by atoms with van der Waals surface area (Å²) in [4.78, 5) is 47.5. The summed E-state index contributed by atoms with van der Waals surface area (Å²) in [5.41, 5.74) is 11.2. The fraction of sp³-hybridized carbons (Fsp3) is 0.765. The summed E-state index contributed by atoms with van der Waals surface area (Å²) in [7, 11) is 0. The highest BCUT2D eigenvalue weighted by Gasteiger charge is 2.29. The number of nitrogens with one attached hydrogen (secondary N) is 3. The van der Waals surface area contributed by atoms with E-state index < -0.39 is 47.9 Å². The van der Waals surface area contributed by atoms with Gasteiger partial charge in [-0.2, -0.15) is 0 Å². The monoisotopic (exact) mass is 387 g/mol. The zero-order chi connectivity index (χ0) is 21.1. The minimum absolute atomic E-state index is 0.281. The largest absolute Gasteiger partial charge is 0.480 e. The molecule has 3 amide bonds. The summed E-state index contributed by atoms with van der Waals surface area (Å²) >= 11 is 0. The molecule has 0 aromatic rings. The van der Waals surface area contributed by atoms with Crippen LogP contribution in [0.3, 0.4) is 0 Å². The summed E-state index contributed by atoms with van der Waals surface area (Å²) in [6.07, 6.45) is 1.93. The van der Waals surface area contributed by atoms with Gasteiger partial charge in [-0.1, -0.05) is 20.3 Å². The molecule has 10 nitrogen and oxygen atoms in total. The summed E-state index contributed by atoms with van der Waals surface area (Å²) < 4.78 is 0. The van der Waals surface area contributed by atoms with Crippen molar-refractivity contribution in [1.29, 1.82) is 0 Å². The van der Waals surface area contributed by atoms with Gasteiger partial charge in [0, 0.05) is 0 Å². The Balaban J connectivity index is 4.72. The summed E-state index contributed by atoms with van der Waals surface area (Å²) in [6.45, 7) is 6.76. The molecule has 0 aliphatic heterocycles. The van der Waals surface area contributed by atoms with Crippen LogP contribution in [0.4, 0.5) is 0 Å². The third kappa shape index (κ3) is 9.34. The van der Waals surface area contributed by atoms with Crippen LogP contribution >= 0.6 is 0 Å². The van der Waals surface area contributed by atoms with E-state index in [0.29, 0.717) is 19.4 Å². The first-order valence-corrected chi connectivity index (χ1v) is 9.10. The predicted octanol–water partition coefficient (Wildman–Crippen LogP) is -1.32. The number of aliphatic carboxylic acids is 1. The maximum absolute atomic E-state index is 12.3. The molecular weight excluding hydrogens is 354 g/mol. The van der Waals surface area contributed by atoms with Crippen molar-refractivity contribution >= 4 is 23.7 Å². The Morgan fingerprint density at radius 2 is 1.41 bits per heavy atom. The zero-order valence-electron chi connectivity index (χ0n) is 16.5. The molecule has 0 aromatic carbocycles. The lowest BCUT2D eigenvalue weighted by Gasteiger charge is -2.25. The lowest BCUT2D eigenvalue weighted by Crippen LogP contribution is -2.57. The van der Waals surface area contributed by atoms with Gasteiger partial charge in [0.05, 0.1) is 6.04 Å². The van der Waals surface area contributed by atoms with Crippen LogP contribution in [-0.4, -0.2) is 59.5 Å². The van der Waals surface area contributed by atoms with E-state index >= 15 is 0 Å². The molecule has 0 radical (unpaired) electrons. The number of carboxylic acids is 1. The third-order valence-electron chi connectivity index (χ3n) is 4.03. The molecule has 0 rings (SSSR count). The van der Waals surface area contributed by atoms with Gasteiger partial charge in [-0.25, -0.2) is 0 Å². The quantitative estimate of drug-likeness (QED) is 0.225. The molecule has 27 heavy (non-hydrogen) atoms. The lowest BCUT2D eigenvalue weighted by atomic mass is 10.0. The van der Waals surface area contributed by atoms with E-state index in [4.69, 9.17) is 16.6 Å². The van der Waals surface area contributed by atoms with Crippen molar-refractivity contribution < 1.29 is 24.3 Å². The predicted molar refractivity (Wildman–Crippen MR) is 100 cm³/mol. The second-order valence-corrected chi connectivity index (χ2v) is 6.92. The van der Waals surface area contributed by atoms with Crippen molar-refractivity contribution in [2.45, 2.75) is 71.1 Å². The fourth-order valence-electron chi connectivity index (χ4n) is 2.20. The van der Waals surface area contributed by atoms with Crippen molar-refractivity contribution in [2.24, 2.45) is 17.4 Å². The van der Waals surface area contributed by atoms with Crippen LogP contribution in [0.15, 0.2) is 0 Å². The molecular formula is C17H33N5O5. The number of hydrogen-bond donors (Lipinski definition) is 6. The molecule has 0 aromatic heterocycles. The fourth-order valence-corrected chi connectivity index (χ4v) is 2.20. The van der Waals surface area contributed by atoms with Crippen molar-refractivity contribution in [3.63, 3.8) is 0 Å². The average molecular weight is 387 g/mol. The normalized spacial score (nSPS) is 15.4. The third-order valence-corrected chi connectivity index (χ3v) is 4.03. The van der Waals surface area contributed by atoms with Crippen LogP contribution in [0, 0.1) is 5.92 Å². The highest BCUT2D eigenvalue weighted by Crippen LogP contribution is 2.04. The molecule has 0 bridgehead atoms. The molecule has 156 valence electrons. The van der Waals surface area contributed by atoms with Crippen LogP contribution in [0.2, 0.25) is 0 Å².